The fraction of sp³-hybridized carbons (Fsp3) is 0.625. The molecule has 0 aliphatic rings. The van der Waals surface area contributed by atoms with Gasteiger partial charge >= 0.3 is 0 Å². The highest BCUT2D eigenvalue weighted by Crippen LogP contribution is 2.17. The quantitative estimate of drug-likeness (QED) is 0.742. The van der Waals surface area contributed by atoms with Gasteiger partial charge in [-0.15, -0.1) is 0 Å². The van der Waals surface area contributed by atoms with Crippen LogP contribution in [0.25, 0.3) is 0 Å². The molecule has 0 aliphatic heterocycles. The first-order chi connectivity index (χ1) is 8.92. The van der Waals surface area contributed by atoms with Gasteiger partial charge in [0.2, 0.25) is 0 Å². The van der Waals surface area contributed by atoms with Gasteiger partial charge in [0.25, 0.3) is 0 Å². The third-order valence-electron chi connectivity index (χ3n) is 2.92. The summed E-state index contributed by atoms with van der Waals surface area (Å²) in [5, 5.41) is 6.99. The van der Waals surface area contributed by atoms with Crippen LogP contribution in [0.1, 0.15) is 46.2 Å². The molecule has 0 bridgehead atoms. The van der Waals surface area contributed by atoms with E-state index in [0.717, 1.165) is 18.8 Å². The molecule has 0 saturated carbocycles. The van der Waals surface area contributed by atoms with Crippen LogP contribution in [-0.4, -0.2) is 25.2 Å². The maximum absolute atomic E-state index is 5.45. The van der Waals surface area contributed by atoms with Gasteiger partial charge in [-0.05, 0) is 52.3 Å². The molecule has 2 N–H and O–H groups in total. The summed E-state index contributed by atoms with van der Waals surface area (Å²) in [7, 11) is 0. The minimum absolute atomic E-state index is 0.185. The van der Waals surface area contributed by atoms with Crippen LogP contribution < -0.4 is 15.4 Å². The van der Waals surface area contributed by atoms with Gasteiger partial charge in [-0.1, -0.05) is 12.1 Å². The second-order valence-electron chi connectivity index (χ2n) is 5.85. The zero-order chi connectivity index (χ0) is 14.3. The molecule has 1 aromatic carbocycles. The van der Waals surface area contributed by atoms with Crippen molar-refractivity contribution in [3.63, 3.8) is 0 Å². The van der Waals surface area contributed by atoms with Crippen molar-refractivity contribution in [3.8, 4) is 5.75 Å². The molecule has 0 spiro atoms. The van der Waals surface area contributed by atoms with Gasteiger partial charge in [-0.3, -0.25) is 0 Å². The maximum Gasteiger partial charge on any atom is 0.119 e. The molecule has 0 saturated heterocycles. The van der Waals surface area contributed by atoms with Crippen molar-refractivity contribution in [2.24, 2.45) is 0 Å². The lowest BCUT2D eigenvalue weighted by Gasteiger charge is -2.22. The van der Waals surface area contributed by atoms with E-state index >= 15 is 0 Å². The Hall–Kier alpha value is -1.06. The van der Waals surface area contributed by atoms with E-state index in [1.807, 2.05) is 19.1 Å². The molecule has 19 heavy (non-hydrogen) atoms. The molecule has 0 amide bonds. The smallest absolute Gasteiger partial charge is 0.119 e. The first kappa shape index (κ1) is 16.0. The van der Waals surface area contributed by atoms with Crippen LogP contribution in [0.2, 0.25) is 0 Å². The maximum atomic E-state index is 5.45. The molecule has 0 aromatic heterocycles. The van der Waals surface area contributed by atoms with Crippen LogP contribution in [0.4, 0.5) is 0 Å². The fourth-order valence-electron chi connectivity index (χ4n) is 1.86. The Morgan fingerprint density at radius 2 is 1.74 bits per heavy atom. The Morgan fingerprint density at radius 1 is 1.11 bits per heavy atom. The minimum atomic E-state index is 0.185. The highest BCUT2D eigenvalue weighted by Gasteiger charge is 2.08. The lowest BCUT2D eigenvalue weighted by Crippen LogP contribution is -2.40. The van der Waals surface area contributed by atoms with Gasteiger partial charge in [0, 0.05) is 24.7 Å². The molecule has 3 heteroatoms. The third kappa shape index (κ3) is 6.60. The van der Waals surface area contributed by atoms with Crippen LogP contribution in [0.3, 0.4) is 0 Å². The minimum Gasteiger partial charge on any atom is -0.494 e. The summed E-state index contributed by atoms with van der Waals surface area (Å²) in [5.74, 6) is 0.938. The van der Waals surface area contributed by atoms with Gasteiger partial charge in [-0.25, -0.2) is 0 Å². The van der Waals surface area contributed by atoms with Crippen molar-refractivity contribution < 1.29 is 4.74 Å². The predicted molar refractivity (Wildman–Crippen MR) is 81.8 cm³/mol. The zero-order valence-electron chi connectivity index (χ0n) is 12.9. The topological polar surface area (TPSA) is 33.3 Å². The number of benzene rings is 1. The Kier molecular flexibility index (Phi) is 6.32. The van der Waals surface area contributed by atoms with E-state index in [1.165, 1.54) is 5.56 Å². The first-order valence-electron chi connectivity index (χ1n) is 7.13. The summed E-state index contributed by atoms with van der Waals surface area (Å²) >= 11 is 0. The standard InChI is InChI=1S/C16H28N2O/c1-6-19-15-9-7-14(8-10-15)13(2)17-11-12-18-16(3,4)5/h7-10,13,17-18H,6,11-12H2,1-5H3. The molecule has 1 atom stereocenters. The summed E-state index contributed by atoms with van der Waals surface area (Å²) in [6, 6.07) is 8.67. The number of ether oxygens (including phenoxy) is 1. The second-order valence-corrected chi connectivity index (χ2v) is 5.85. The molecule has 0 fully saturated rings. The molecule has 3 nitrogen and oxygen atoms in total. The molecular formula is C16H28N2O. The Labute approximate surface area is 117 Å². The molecule has 0 aliphatic carbocycles. The number of hydrogen-bond acceptors (Lipinski definition) is 3. The van der Waals surface area contributed by atoms with E-state index in [4.69, 9.17) is 4.74 Å². The Balaban J connectivity index is 2.34. The zero-order valence-corrected chi connectivity index (χ0v) is 12.9. The number of nitrogens with one attached hydrogen (secondary N) is 2. The third-order valence-corrected chi connectivity index (χ3v) is 2.92. The average molecular weight is 264 g/mol. The summed E-state index contributed by atoms with van der Waals surface area (Å²) in [5.41, 5.74) is 1.48. The van der Waals surface area contributed by atoms with Crippen LogP contribution in [0.15, 0.2) is 24.3 Å². The lowest BCUT2D eigenvalue weighted by atomic mass is 10.1. The van der Waals surface area contributed by atoms with Crippen molar-refractivity contribution in [1.82, 2.24) is 10.6 Å². The monoisotopic (exact) mass is 264 g/mol. The molecule has 1 rings (SSSR count). The SMILES string of the molecule is CCOc1ccc(C(C)NCCNC(C)(C)C)cc1. The molecule has 0 radical (unpaired) electrons. The van der Waals surface area contributed by atoms with Gasteiger partial charge in [0.15, 0.2) is 0 Å². The van der Waals surface area contributed by atoms with Crippen molar-refractivity contribution in [2.45, 2.75) is 46.2 Å². The summed E-state index contributed by atoms with van der Waals surface area (Å²) in [6.07, 6.45) is 0. The second kappa shape index (κ2) is 7.51. The van der Waals surface area contributed by atoms with Gasteiger partial charge < -0.3 is 15.4 Å². The first-order valence-corrected chi connectivity index (χ1v) is 7.13. The van der Waals surface area contributed by atoms with Crippen LogP contribution in [0, 0.1) is 0 Å². The Bertz CT molecular complexity index is 354. The van der Waals surface area contributed by atoms with Gasteiger partial charge in [-0.2, -0.15) is 0 Å². The fourth-order valence-corrected chi connectivity index (χ4v) is 1.86. The van der Waals surface area contributed by atoms with E-state index in [0.29, 0.717) is 12.6 Å². The van der Waals surface area contributed by atoms with Gasteiger partial charge in [0.1, 0.15) is 5.75 Å². The highest BCUT2D eigenvalue weighted by molar-refractivity contribution is 5.28. The van der Waals surface area contributed by atoms with Crippen LogP contribution in [0.5, 0.6) is 5.75 Å². The van der Waals surface area contributed by atoms with E-state index in [1.54, 1.807) is 0 Å². The normalized spacial score (nSPS) is 13.3. The van der Waals surface area contributed by atoms with Crippen LogP contribution in [-0.2, 0) is 0 Å². The van der Waals surface area contributed by atoms with Crippen molar-refractivity contribution >= 4 is 0 Å². The molecule has 0 heterocycles. The highest BCUT2D eigenvalue weighted by atomic mass is 16.5. The lowest BCUT2D eigenvalue weighted by molar-refractivity contribution is 0.340. The predicted octanol–water partition coefficient (Wildman–Crippen LogP) is 3.12. The largest absolute Gasteiger partial charge is 0.494 e. The van der Waals surface area contributed by atoms with Crippen molar-refractivity contribution in [2.75, 3.05) is 19.7 Å². The summed E-state index contributed by atoms with van der Waals surface area (Å²) in [6.45, 7) is 13.4. The average Bonchev–Trinajstić information content (AvgIpc) is 2.34. The number of hydrogen-bond donors (Lipinski definition) is 2. The van der Waals surface area contributed by atoms with Crippen molar-refractivity contribution in [3.05, 3.63) is 29.8 Å². The van der Waals surface area contributed by atoms with E-state index < -0.39 is 0 Å². The molecular weight excluding hydrogens is 236 g/mol. The molecule has 108 valence electrons. The van der Waals surface area contributed by atoms with E-state index in [9.17, 15) is 0 Å². The summed E-state index contributed by atoms with van der Waals surface area (Å²) in [4.78, 5) is 0. The summed E-state index contributed by atoms with van der Waals surface area (Å²) < 4.78 is 5.45. The van der Waals surface area contributed by atoms with E-state index in [-0.39, 0.29) is 5.54 Å². The molecule has 1 unspecified atom stereocenters. The Morgan fingerprint density at radius 3 is 2.26 bits per heavy atom. The van der Waals surface area contributed by atoms with Gasteiger partial charge in [0.05, 0.1) is 6.61 Å². The van der Waals surface area contributed by atoms with E-state index in [2.05, 4.69) is 50.5 Å². The van der Waals surface area contributed by atoms with Crippen LogP contribution >= 0.6 is 0 Å². The number of rotatable bonds is 7. The van der Waals surface area contributed by atoms with Crippen molar-refractivity contribution in [1.29, 1.82) is 0 Å². The molecule has 1 aromatic rings.